The van der Waals surface area contributed by atoms with Crippen LogP contribution >= 0.6 is 11.3 Å². The molecule has 6 heteroatoms. The lowest BCUT2D eigenvalue weighted by molar-refractivity contribution is 0.102. The molecule has 144 valence electrons. The van der Waals surface area contributed by atoms with Gasteiger partial charge in [0.05, 0.1) is 6.20 Å². The summed E-state index contributed by atoms with van der Waals surface area (Å²) in [5.74, 6) is 1.12. The van der Waals surface area contributed by atoms with Crippen LogP contribution in [0.5, 0.6) is 0 Å². The molecule has 3 heterocycles. The summed E-state index contributed by atoms with van der Waals surface area (Å²) in [6.07, 6.45) is 7.61. The standard InChI is InChI=1S/C22H24N4OS/c1-15(17-6-10-23-11-7-17)16-2-4-18(5-3-16)21(27)26-20-14-25-22(28-20)19-8-12-24-13-9-19/h2-5,8-9,12-15,17,23H,6-7,10-11H2,1H3,(H,26,27). The minimum atomic E-state index is -0.106. The summed E-state index contributed by atoms with van der Waals surface area (Å²) in [7, 11) is 0. The molecule has 3 aromatic rings. The zero-order chi connectivity index (χ0) is 19.3. The first-order chi connectivity index (χ1) is 13.7. The van der Waals surface area contributed by atoms with Gasteiger partial charge >= 0.3 is 0 Å². The monoisotopic (exact) mass is 392 g/mol. The van der Waals surface area contributed by atoms with Gasteiger partial charge in [-0.15, -0.1) is 0 Å². The molecular weight excluding hydrogens is 368 g/mol. The van der Waals surface area contributed by atoms with Crippen LogP contribution in [0.4, 0.5) is 5.00 Å². The van der Waals surface area contributed by atoms with Crippen LogP contribution in [-0.2, 0) is 0 Å². The smallest absolute Gasteiger partial charge is 0.256 e. The Bertz CT molecular complexity index is 917. The van der Waals surface area contributed by atoms with E-state index >= 15 is 0 Å². The van der Waals surface area contributed by atoms with Crippen molar-refractivity contribution < 1.29 is 4.79 Å². The topological polar surface area (TPSA) is 66.9 Å². The number of pyridine rings is 1. The summed E-state index contributed by atoms with van der Waals surface area (Å²) in [6.45, 7) is 4.50. The average molecular weight is 393 g/mol. The van der Waals surface area contributed by atoms with Crippen molar-refractivity contribution in [3.63, 3.8) is 0 Å². The van der Waals surface area contributed by atoms with Gasteiger partial charge in [0, 0.05) is 23.5 Å². The lowest BCUT2D eigenvalue weighted by Gasteiger charge is -2.28. The SMILES string of the molecule is CC(c1ccc(C(=O)Nc2cnc(-c3ccncc3)s2)cc1)C1CCNCC1. The van der Waals surface area contributed by atoms with Crippen LogP contribution in [0.25, 0.3) is 10.6 Å². The maximum atomic E-state index is 12.6. The van der Waals surface area contributed by atoms with E-state index in [1.807, 2.05) is 24.3 Å². The van der Waals surface area contributed by atoms with Crippen molar-refractivity contribution in [1.29, 1.82) is 0 Å². The minimum Gasteiger partial charge on any atom is -0.317 e. The first-order valence-electron chi connectivity index (χ1n) is 9.69. The van der Waals surface area contributed by atoms with Crippen molar-refractivity contribution >= 4 is 22.2 Å². The van der Waals surface area contributed by atoms with Crippen LogP contribution in [0.1, 0.15) is 41.6 Å². The van der Waals surface area contributed by atoms with Crippen LogP contribution in [0, 0.1) is 5.92 Å². The van der Waals surface area contributed by atoms with E-state index in [0.29, 0.717) is 17.4 Å². The second-order valence-electron chi connectivity index (χ2n) is 7.22. The molecule has 5 nitrogen and oxygen atoms in total. The molecule has 1 fully saturated rings. The maximum Gasteiger partial charge on any atom is 0.256 e. The van der Waals surface area contributed by atoms with E-state index in [-0.39, 0.29) is 5.91 Å². The molecule has 0 radical (unpaired) electrons. The van der Waals surface area contributed by atoms with Crippen LogP contribution in [0.2, 0.25) is 0 Å². The number of piperidine rings is 1. The van der Waals surface area contributed by atoms with Gasteiger partial charge in [0.15, 0.2) is 0 Å². The predicted molar refractivity (Wildman–Crippen MR) is 114 cm³/mol. The zero-order valence-electron chi connectivity index (χ0n) is 15.9. The fourth-order valence-electron chi connectivity index (χ4n) is 3.70. The first kappa shape index (κ1) is 18.8. The Balaban J connectivity index is 1.40. The molecule has 0 aliphatic carbocycles. The maximum absolute atomic E-state index is 12.6. The van der Waals surface area contributed by atoms with Crippen molar-refractivity contribution in [3.8, 4) is 10.6 Å². The second-order valence-corrected chi connectivity index (χ2v) is 8.25. The van der Waals surface area contributed by atoms with E-state index in [2.05, 4.69) is 39.7 Å². The third-order valence-corrected chi connectivity index (χ3v) is 6.42. The Labute approximate surface area is 169 Å². The Kier molecular flexibility index (Phi) is 5.78. The summed E-state index contributed by atoms with van der Waals surface area (Å²) < 4.78 is 0. The third-order valence-electron chi connectivity index (χ3n) is 5.46. The molecule has 28 heavy (non-hydrogen) atoms. The molecule has 1 aromatic carbocycles. The Morgan fingerprint density at radius 1 is 1.14 bits per heavy atom. The fourth-order valence-corrected chi connectivity index (χ4v) is 4.52. The molecule has 0 saturated carbocycles. The number of benzene rings is 1. The molecule has 2 N–H and O–H groups in total. The number of carbonyl (C=O) groups excluding carboxylic acids is 1. The van der Waals surface area contributed by atoms with Gasteiger partial charge in [-0.05, 0) is 67.6 Å². The van der Waals surface area contributed by atoms with Crippen LogP contribution in [0.3, 0.4) is 0 Å². The molecule has 1 atom stereocenters. The lowest BCUT2D eigenvalue weighted by atomic mass is 9.81. The molecule has 0 spiro atoms. The third kappa shape index (κ3) is 4.29. The summed E-state index contributed by atoms with van der Waals surface area (Å²) in [5, 5.41) is 7.98. The fraction of sp³-hybridized carbons (Fsp3) is 0.318. The van der Waals surface area contributed by atoms with Gasteiger partial charge in [-0.2, -0.15) is 0 Å². The Morgan fingerprint density at radius 2 is 1.86 bits per heavy atom. The zero-order valence-corrected chi connectivity index (χ0v) is 16.7. The Morgan fingerprint density at radius 3 is 2.57 bits per heavy atom. The van der Waals surface area contributed by atoms with Gasteiger partial charge in [0.25, 0.3) is 5.91 Å². The number of carbonyl (C=O) groups is 1. The molecule has 1 aliphatic rings. The predicted octanol–water partition coefficient (Wildman–Crippen LogP) is 4.56. The number of thiazole rings is 1. The van der Waals surface area contributed by atoms with Gasteiger partial charge in [0.1, 0.15) is 10.0 Å². The Hall–Kier alpha value is -2.57. The first-order valence-corrected chi connectivity index (χ1v) is 10.5. The number of nitrogens with zero attached hydrogens (tertiary/aromatic N) is 2. The second kappa shape index (κ2) is 8.63. The van der Waals surface area contributed by atoms with Gasteiger partial charge in [-0.1, -0.05) is 30.4 Å². The number of nitrogens with one attached hydrogen (secondary N) is 2. The van der Waals surface area contributed by atoms with Crippen LogP contribution < -0.4 is 10.6 Å². The summed E-state index contributed by atoms with van der Waals surface area (Å²) >= 11 is 1.46. The van der Waals surface area contributed by atoms with Crippen molar-refractivity contribution in [2.45, 2.75) is 25.7 Å². The van der Waals surface area contributed by atoms with Crippen LogP contribution in [0.15, 0.2) is 55.0 Å². The molecule has 2 aromatic heterocycles. The molecule has 1 unspecified atom stereocenters. The average Bonchev–Trinajstić information content (AvgIpc) is 3.23. The van der Waals surface area contributed by atoms with Crippen molar-refractivity contribution in [2.75, 3.05) is 18.4 Å². The van der Waals surface area contributed by atoms with E-state index in [4.69, 9.17) is 0 Å². The van der Waals surface area contributed by atoms with Gasteiger partial charge in [0.2, 0.25) is 0 Å². The highest BCUT2D eigenvalue weighted by molar-refractivity contribution is 7.19. The van der Waals surface area contributed by atoms with Gasteiger partial charge in [-0.25, -0.2) is 4.98 Å². The van der Waals surface area contributed by atoms with Gasteiger partial charge in [-0.3, -0.25) is 9.78 Å². The highest BCUT2D eigenvalue weighted by Crippen LogP contribution is 2.31. The number of rotatable bonds is 5. The normalized spacial score (nSPS) is 15.9. The van der Waals surface area contributed by atoms with Gasteiger partial charge < -0.3 is 10.6 Å². The number of anilines is 1. The highest BCUT2D eigenvalue weighted by Gasteiger charge is 2.21. The van der Waals surface area contributed by atoms with E-state index < -0.39 is 0 Å². The number of hydrogen-bond donors (Lipinski definition) is 2. The summed E-state index contributed by atoms with van der Waals surface area (Å²) in [4.78, 5) is 21.0. The highest BCUT2D eigenvalue weighted by atomic mass is 32.1. The minimum absolute atomic E-state index is 0.106. The van der Waals surface area contributed by atoms with E-state index in [1.54, 1.807) is 18.6 Å². The number of aromatic nitrogens is 2. The summed E-state index contributed by atoms with van der Waals surface area (Å²) in [6, 6.07) is 11.9. The molecular formula is C22H24N4OS. The van der Waals surface area contributed by atoms with Crippen molar-refractivity contribution in [2.24, 2.45) is 5.92 Å². The molecule has 4 rings (SSSR count). The lowest BCUT2D eigenvalue weighted by Crippen LogP contribution is -2.30. The quantitative estimate of drug-likeness (QED) is 0.668. The van der Waals surface area contributed by atoms with E-state index in [1.165, 1.54) is 29.7 Å². The molecule has 1 aliphatic heterocycles. The van der Waals surface area contributed by atoms with Crippen molar-refractivity contribution in [3.05, 3.63) is 66.1 Å². The van der Waals surface area contributed by atoms with E-state index in [0.717, 1.165) is 28.7 Å². The molecule has 1 amide bonds. The van der Waals surface area contributed by atoms with Crippen molar-refractivity contribution in [1.82, 2.24) is 15.3 Å². The molecule has 1 saturated heterocycles. The number of amides is 1. The largest absolute Gasteiger partial charge is 0.317 e. The number of hydrogen-bond acceptors (Lipinski definition) is 5. The summed E-state index contributed by atoms with van der Waals surface area (Å²) in [5.41, 5.74) is 2.97. The van der Waals surface area contributed by atoms with Crippen LogP contribution in [-0.4, -0.2) is 29.0 Å². The molecule has 0 bridgehead atoms. The van der Waals surface area contributed by atoms with E-state index in [9.17, 15) is 4.79 Å².